The third-order valence-electron chi connectivity index (χ3n) is 6.16. The van der Waals surface area contributed by atoms with E-state index < -0.39 is 6.10 Å². The van der Waals surface area contributed by atoms with E-state index in [0.717, 1.165) is 23.1 Å². The summed E-state index contributed by atoms with van der Waals surface area (Å²) in [6.07, 6.45) is 0.441. The Morgan fingerprint density at radius 1 is 1.09 bits per heavy atom. The van der Waals surface area contributed by atoms with Crippen LogP contribution in [0.15, 0.2) is 66.7 Å². The monoisotopic (exact) mass is 460 g/mol. The van der Waals surface area contributed by atoms with E-state index in [9.17, 15) is 14.0 Å². The Morgan fingerprint density at radius 2 is 1.79 bits per heavy atom. The maximum absolute atomic E-state index is 13.1. The summed E-state index contributed by atoms with van der Waals surface area (Å²) < 4.78 is 19.1. The van der Waals surface area contributed by atoms with E-state index in [-0.39, 0.29) is 23.7 Å². The smallest absolute Gasteiger partial charge is 0.265 e. The van der Waals surface area contributed by atoms with Crippen LogP contribution in [0.2, 0.25) is 0 Å². The van der Waals surface area contributed by atoms with Crippen molar-refractivity contribution >= 4 is 17.5 Å². The molecule has 4 rings (SSSR count). The number of nitrogens with one attached hydrogen (secondary N) is 1. The summed E-state index contributed by atoms with van der Waals surface area (Å²) in [7, 11) is 0. The zero-order valence-corrected chi connectivity index (χ0v) is 19.7. The zero-order chi connectivity index (χ0) is 24.2. The number of halogens is 1. The topological polar surface area (TPSA) is 58.6 Å². The average molecular weight is 461 g/mol. The van der Waals surface area contributed by atoms with Crippen molar-refractivity contribution in [3.05, 3.63) is 94.8 Å². The van der Waals surface area contributed by atoms with Gasteiger partial charge in [0.1, 0.15) is 11.6 Å². The van der Waals surface area contributed by atoms with E-state index in [2.05, 4.69) is 29.6 Å². The predicted octanol–water partition coefficient (Wildman–Crippen LogP) is 5.42. The Kier molecular flexibility index (Phi) is 6.96. The van der Waals surface area contributed by atoms with Gasteiger partial charge in [-0.2, -0.15) is 0 Å². The van der Waals surface area contributed by atoms with Gasteiger partial charge in [-0.25, -0.2) is 4.39 Å². The lowest BCUT2D eigenvalue weighted by atomic mass is 9.87. The van der Waals surface area contributed by atoms with Gasteiger partial charge in [-0.15, -0.1) is 0 Å². The molecule has 1 aliphatic heterocycles. The van der Waals surface area contributed by atoms with Gasteiger partial charge in [0, 0.05) is 18.7 Å². The van der Waals surface area contributed by atoms with Crippen molar-refractivity contribution in [3.8, 4) is 5.75 Å². The van der Waals surface area contributed by atoms with Crippen molar-refractivity contribution < 1.29 is 18.7 Å². The number of benzene rings is 3. The van der Waals surface area contributed by atoms with Crippen molar-refractivity contribution in [2.24, 2.45) is 0 Å². The minimum Gasteiger partial charge on any atom is -0.481 e. The molecular formula is C28H29FN2O3. The average Bonchev–Trinajstić information content (AvgIpc) is 2.84. The molecule has 0 radical (unpaired) electrons. The summed E-state index contributed by atoms with van der Waals surface area (Å²) in [5.41, 5.74) is 4.89. The fourth-order valence-corrected chi connectivity index (χ4v) is 4.28. The first-order valence-corrected chi connectivity index (χ1v) is 11.6. The molecule has 0 aromatic heterocycles. The van der Waals surface area contributed by atoms with Gasteiger partial charge in [0.05, 0.1) is 6.04 Å². The molecule has 5 nitrogen and oxygen atoms in total. The molecular weight excluding hydrogens is 431 g/mol. The lowest BCUT2D eigenvalue weighted by Crippen LogP contribution is -2.40. The van der Waals surface area contributed by atoms with Gasteiger partial charge in [0.15, 0.2) is 6.10 Å². The van der Waals surface area contributed by atoms with E-state index in [4.69, 9.17) is 4.74 Å². The van der Waals surface area contributed by atoms with Crippen LogP contribution >= 0.6 is 0 Å². The second kappa shape index (κ2) is 10.1. The molecule has 0 fully saturated rings. The lowest BCUT2D eigenvalue weighted by Gasteiger charge is -2.38. The molecule has 1 heterocycles. The van der Waals surface area contributed by atoms with E-state index in [1.54, 1.807) is 6.92 Å². The Hall–Kier alpha value is -3.67. The van der Waals surface area contributed by atoms with Crippen LogP contribution in [0, 0.1) is 12.7 Å². The normalized spacial score (nSPS) is 15.9. The first-order valence-electron chi connectivity index (χ1n) is 11.6. The quantitative estimate of drug-likeness (QED) is 0.534. The number of nitrogens with zero attached hydrogens (tertiary/aromatic N) is 1. The van der Waals surface area contributed by atoms with Crippen molar-refractivity contribution in [2.75, 3.05) is 11.9 Å². The van der Waals surface area contributed by atoms with Crippen molar-refractivity contribution in [3.63, 3.8) is 0 Å². The van der Waals surface area contributed by atoms with Crippen LogP contribution in [0.25, 0.3) is 0 Å². The van der Waals surface area contributed by atoms with Gasteiger partial charge < -0.3 is 15.0 Å². The summed E-state index contributed by atoms with van der Waals surface area (Å²) in [4.78, 5) is 27.3. The molecule has 2 amide bonds. The summed E-state index contributed by atoms with van der Waals surface area (Å²) >= 11 is 0. The second-order valence-corrected chi connectivity index (χ2v) is 8.62. The third-order valence-corrected chi connectivity index (χ3v) is 6.16. The highest BCUT2D eigenvalue weighted by molar-refractivity contribution is 5.94. The number of carbonyl (C=O) groups excluding carboxylic acids is 2. The molecule has 0 bridgehead atoms. The maximum atomic E-state index is 13.1. The van der Waals surface area contributed by atoms with Crippen molar-refractivity contribution in [1.82, 2.24) is 4.90 Å². The third kappa shape index (κ3) is 5.11. The van der Waals surface area contributed by atoms with Gasteiger partial charge in [0.2, 0.25) is 5.91 Å². The minimum absolute atomic E-state index is 0.106. The van der Waals surface area contributed by atoms with Crippen LogP contribution in [0.3, 0.4) is 0 Å². The van der Waals surface area contributed by atoms with E-state index in [1.807, 2.05) is 36.9 Å². The standard InChI is InChI=1S/C28H29FN2O3/c1-4-26(32)31-16-15-20-9-14-24(17-25(20)27(31)21-7-5-18(2)6-8-21)34-19(3)28(33)30-23-12-10-22(29)11-13-23/h5-14,17,19,27H,4,15-16H2,1-3H3,(H,30,33)/t19-,27+/m0/s1. The van der Waals surface area contributed by atoms with Crippen LogP contribution < -0.4 is 10.1 Å². The summed E-state index contributed by atoms with van der Waals surface area (Å²) in [5.74, 6) is -0.0321. The number of fused-ring (bicyclic) bond motifs is 1. The Labute approximate surface area is 199 Å². The number of aryl methyl sites for hydroxylation is 1. The Balaban J connectivity index is 1.59. The molecule has 0 saturated carbocycles. The Morgan fingerprint density at radius 3 is 2.47 bits per heavy atom. The van der Waals surface area contributed by atoms with E-state index in [1.165, 1.54) is 29.8 Å². The molecule has 176 valence electrons. The Bertz CT molecular complexity index is 1180. The zero-order valence-electron chi connectivity index (χ0n) is 19.7. The summed E-state index contributed by atoms with van der Waals surface area (Å²) in [6.45, 7) is 6.25. The fraction of sp³-hybridized carbons (Fsp3) is 0.286. The van der Waals surface area contributed by atoms with Crippen LogP contribution in [0.5, 0.6) is 5.75 Å². The SMILES string of the molecule is CCC(=O)N1CCc2ccc(O[C@@H](C)C(=O)Nc3ccc(F)cc3)cc2[C@H]1c1ccc(C)cc1. The summed E-state index contributed by atoms with van der Waals surface area (Å²) in [6, 6.07) is 19.5. The van der Waals surface area contributed by atoms with Crippen LogP contribution in [0.1, 0.15) is 48.6 Å². The molecule has 1 aliphatic rings. The van der Waals surface area contributed by atoms with Crippen LogP contribution in [0.4, 0.5) is 10.1 Å². The lowest BCUT2D eigenvalue weighted by molar-refractivity contribution is -0.133. The first kappa shape index (κ1) is 23.5. The van der Waals surface area contributed by atoms with Gasteiger partial charge in [0.25, 0.3) is 5.91 Å². The number of carbonyl (C=O) groups is 2. The minimum atomic E-state index is -0.766. The molecule has 34 heavy (non-hydrogen) atoms. The number of rotatable bonds is 6. The number of amides is 2. The highest BCUT2D eigenvalue weighted by Gasteiger charge is 2.32. The molecule has 1 N–H and O–H groups in total. The highest BCUT2D eigenvalue weighted by atomic mass is 19.1. The van der Waals surface area contributed by atoms with Crippen LogP contribution in [-0.4, -0.2) is 29.4 Å². The van der Waals surface area contributed by atoms with Gasteiger partial charge in [-0.3, -0.25) is 9.59 Å². The molecule has 3 aromatic rings. The second-order valence-electron chi connectivity index (χ2n) is 8.62. The molecule has 0 spiro atoms. The van der Waals surface area contributed by atoms with Gasteiger partial charge >= 0.3 is 0 Å². The number of ether oxygens (including phenoxy) is 1. The first-order chi connectivity index (χ1) is 16.4. The fourth-order valence-electron chi connectivity index (χ4n) is 4.28. The van der Waals surface area contributed by atoms with Gasteiger partial charge in [-0.05, 0) is 73.4 Å². The molecule has 6 heteroatoms. The highest BCUT2D eigenvalue weighted by Crippen LogP contribution is 2.37. The molecule has 3 aromatic carbocycles. The van der Waals surface area contributed by atoms with Crippen LogP contribution in [-0.2, 0) is 16.0 Å². The number of hydrogen-bond donors (Lipinski definition) is 1. The largest absolute Gasteiger partial charge is 0.481 e. The van der Waals surface area contributed by atoms with E-state index in [0.29, 0.717) is 24.4 Å². The van der Waals surface area contributed by atoms with E-state index >= 15 is 0 Å². The predicted molar refractivity (Wildman–Crippen MR) is 130 cm³/mol. The molecule has 0 unspecified atom stereocenters. The molecule has 0 aliphatic carbocycles. The van der Waals surface area contributed by atoms with Crippen molar-refractivity contribution in [1.29, 1.82) is 0 Å². The maximum Gasteiger partial charge on any atom is 0.265 e. The summed E-state index contributed by atoms with van der Waals surface area (Å²) in [5, 5.41) is 2.74. The number of anilines is 1. The number of hydrogen-bond acceptors (Lipinski definition) is 3. The van der Waals surface area contributed by atoms with Gasteiger partial charge in [-0.1, -0.05) is 42.8 Å². The molecule has 2 atom stereocenters. The van der Waals surface area contributed by atoms with Crippen molar-refractivity contribution in [2.45, 2.75) is 45.8 Å². The molecule has 0 saturated heterocycles.